The molecule has 0 saturated heterocycles. The minimum atomic E-state index is -4.73. The first kappa shape index (κ1) is 13.7. The summed E-state index contributed by atoms with van der Waals surface area (Å²) in [5, 5.41) is 0. The summed E-state index contributed by atoms with van der Waals surface area (Å²) in [6.45, 7) is 5.36. The van der Waals surface area contributed by atoms with Crippen LogP contribution >= 0.6 is 0 Å². The lowest BCUT2D eigenvalue weighted by Crippen LogP contribution is -2.17. The molecule has 0 spiro atoms. The molecule has 1 nitrogen and oxygen atoms in total. The Balaban J connectivity index is 0.000000921. The second-order valence-corrected chi connectivity index (χ2v) is 2.46. The second kappa shape index (κ2) is 5.58. The van der Waals surface area contributed by atoms with Crippen molar-refractivity contribution in [3.8, 4) is 5.75 Å². The molecule has 0 aliphatic rings. The van der Waals surface area contributed by atoms with Gasteiger partial charge in [0.1, 0.15) is 11.6 Å². The van der Waals surface area contributed by atoms with Crippen LogP contribution in [-0.4, -0.2) is 6.36 Å². The number of benzene rings is 1. The fraction of sp³-hybridized carbons (Fsp3) is 0.400. The standard InChI is InChI=1S/C8H6F4O.C2H6/c1-5-4-6(2-3-7(5)9)13-8(10,11)12;1-2/h2-4H,1H3;1-2H3. The van der Waals surface area contributed by atoms with Crippen molar-refractivity contribution in [3.05, 3.63) is 29.6 Å². The Morgan fingerprint density at radius 2 is 1.67 bits per heavy atom. The average molecular weight is 224 g/mol. The Morgan fingerprint density at radius 3 is 2.07 bits per heavy atom. The van der Waals surface area contributed by atoms with Gasteiger partial charge in [-0.05, 0) is 30.7 Å². The van der Waals surface area contributed by atoms with Gasteiger partial charge >= 0.3 is 6.36 Å². The smallest absolute Gasteiger partial charge is 0.406 e. The van der Waals surface area contributed by atoms with Crippen LogP contribution in [-0.2, 0) is 0 Å². The van der Waals surface area contributed by atoms with E-state index in [9.17, 15) is 17.6 Å². The molecule has 0 aliphatic heterocycles. The van der Waals surface area contributed by atoms with E-state index in [2.05, 4.69) is 4.74 Å². The van der Waals surface area contributed by atoms with Crippen molar-refractivity contribution < 1.29 is 22.3 Å². The normalized spacial score (nSPS) is 10.3. The van der Waals surface area contributed by atoms with E-state index in [1.54, 1.807) is 0 Å². The zero-order valence-electron chi connectivity index (χ0n) is 8.65. The van der Waals surface area contributed by atoms with Gasteiger partial charge in [0.05, 0.1) is 0 Å². The first-order valence-electron chi connectivity index (χ1n) is 4.40. The van der Waals surface area contributed by atoms with Gasteiger partial charge in [0.2, 0.25) is 0 Å². The zero-order valence-corrected chi connectivity index (χ0v) is 8.65. The van der Waals surface area contributed by atoms with Crippen LogP contribution < -0.4 is 4.74 Å². The van der Waals surface area contributed by atoms with Gasteiger partial charge in [-0.25, -0.2) is 4.39 Å². The topological polar surface area (TPSA) is 9.23 Å². The molecule has 0 unspecified atom stereocenters. The van der Waals surface area contributed by atoms with Crippen LogP contribution in [0.1, 0.15) is 19.4 Å². The van der Waals surface area contributed by atoms with Crippen LogP contribution in [0.25, 0.3) is 0 Å². The molecule has 0 atom stereocenters. The molecule has 0 bridgehead atoms. The highest BCUT2D eigenvalue weighted by Crippen LogP contribution is 2.24. The number of hydrogen-bond acceptors (Lipinski definition) is 1. The highest BCUT2D eigenvalue weighted by Gasteiger charge is 2.31. The van der Waals surface area contributed by atoms with Gasteiger partial charge in [-0.15, -0.1) is 13.2 Å². The fourth-order valence-corrected chi connectivity index (χ4v) is 0.814. The Hall–Kier alpha value is -1.26. The third-order valence-corrected chi connectivity index (χ3v) is 1.36. The van der Waals surface area contributed by atoms with Crippen molar-refractivity contribution in [2.75, 3.05) is 0 Å². The quantitative estimate of drug-likeness (QED) is 0.653. The van der Waals surface area contributed by atoms with Gasteiger partial charge in [0.15, 0.2) is 0 Å². The molecule has 0 saturated carbocycles. The molecule has 5 heteroatoms. The number of halogens is 4. The first-order chi connectivity index (χ1) is 6.88. The highest BCUT2D eigenvalue weighted by atomic mass is 19.4. The maximum absolute atomic E-state index is 12.6. The largest absolute Gasteiger partial charge is 0.573 e. The van der Waals surface area contributed by atoms with E-state index in [-0.39, 0.29) is 5.56 Å². The van der Waals surface area contributed by atoms with Gasteiger partial charge in [-0.2, -0.15) is 0 Å². The molecule has 0 aliphatic carbocycles. The predicted molar refractivity (Wildman–Crippen MR) is 49.2 cm³/mol. The predicted octanol–water partition coefficient (Wildman–Crippen LogP) is 4.06. The highest BCUT2D eigenvalue weighted by molar-refractivity contribution is 5.28. The molecular formula is C10H12F4O. The maximum atomic E-state index is 12.6. The molecule has 0 aromatic heterocycles. The van der Waals surface area contributed by atoms with E-state index < -0.39 is 17.9 Å². The van der Waals surface area contributed by atoms with Crippen LogP contribution in [0.3, 0.4) is 0 Å². The lowest BCUT2D eigenvalue weighted by atomic mass is 10.2. The minimum absolute atomic E-state index is 0.113. The SMILES string of the molecule is CC.Cc1cc(OC(F)(F)F)ccc1F. The summed E-state index contributed by atoms with van der Waals surface area (Å²) in [5.41, 5.74) is 0.113. The van der Waals surface area contributed by atoms with Crippen LogP contribution in [0.5, 0.6) is 5.75 Å². The zero-order chi connectivity index (χ0) is 12.1. The van der Waals surface area contributed by atoms with Gasteiger partial charge in [-0.3, -0.25) is 0 Å². The third kappa shape index (κ3) is 5.24. The molecule has 0 N–H and O–H groups in total. The molecule has 15 heavy (non-hydrogen) atoms. The summed E-state index contributed by atoms with van der Waals surface area (Å²) < 4.78 is 51.1. The Bertz CT molecular complexity index is 307. The molecule has 1 aromatic carbocycles. The van der Waals surface area contributed by atoms with Crippen molar-refractivity contribution >= 4 is 0 Å². The van der Waals surface area contributed by atoms with Crippen molar-refractivity contribution in [2.45, 2.75) is 27.1 Å². The summed E-state index contributed by atoms with van der Waals surface area (Å²) in [4.78, 5) is 0. The van der Waals surface area contributed by atoms with Crippen LogP contribution in [0, 0.1) is 12.7 Å². The third-order valence-electron chi connectivity index (χ3n) is 1.36. The summed E-state index contributed by atoms with van der Waals surface area (Å²) in [5.74, 6) is -0.971. The summed E-state index contributed by atoms with van der Waals surface area (Å²) in [6.07, 6.45) is -4.73. The van der Waals surface area contributed by atoms with Gasteiger partial charge in [0, 0.05) is 0 Å². The molecule has 0 radical (unpaired) electrons. The Kier molecular flexibility index (Phi) is 5.11. The van der Waals surface area contributed by atoms with E-state index in [0.29, 0.717) is 0 Å². The summed E-state index contributed by atoms with van der Waals surface area (Å²) in [7, 11) is 0. The second-order valence-electron chi connectivity index (χ2n) is 2.46. The lowest BCUT2D eigenvalue weighted by molar-refractivity contribution is -0.274. The summed E-state index contributed by atoms with van der Waals surface area (Å²) in [6, 6.07) is 2.84. The van der Waals surface area contributed by atoms with Crippen LogP contribution in [0.15, 0.2) is 18.2 Å². The van der Waals surface area contributed by atoms with E-state index >= 15 is 0 Å². The van der Waals surface area contributed by atoms with Crippen molar-refractivity contribution in [3.63, 3.8) is 0 Å². The van der Waals surface area contributed by atoms with Crippen LogP contribution in [0.2, 0.25) is 0 Å². The van der Waals surface area contributed by atoms with Crippen molar-refractivity contribution in [2.24, 2.45) is 0 Å². The lowest BCUT2D eigenvalue weighted by Gasteiger charge is -2.08. The molecule has 86 valence electrons. The Morgan fingerprint density at radius 1 is 1.13 bits per heavy atom. The van der Waals surface area contributed by atoms with Gasteiger partial charge in [0.25, 0.3) is 0 Å². The number of ether oxygens (including phenoxy) is 1. The van der Waals surface area contributed by atoms with Gasteiger partial charge < -0.3 is 4.74 Å². The molecule has 0 fully saturated rings. The molecule has 0 amide bonds. The average Bonchev–Trinajstić information content (AvgIpc) is 2.12. The van der Waals surface area contributed by atoms with E-state index in [1.165, 1.54) is 6.92 Å². The number of hydrogen-bond donors (Lipinski definition) is 0. The molecule has 1 aromatic rings. The van der Waals surface area contributed by atoms with E-state index in [0.717, 1.165) is 18.2 Å². The minimum Gasteiger partial charge on any atom is -0.406 e. The van der Waals surface area contributed by atoms with Gasteiger partial charge in [-0.1, -0.05) is 13.8 Å². The number of aryl methyl sites for hydroxylation is 1. The molecular weight excluding hydrogens is 212 g/mol. The maximum Gasteiger partial charge on any atom is 0.573 e. The molecule has 1 rings (SSSR count). The van der Waals surface area contributed by atoms with Crippen molar-refractivity contribution in [1.29, 1.82) is 0 Å². The molecule has 0 heterocycles. The number of rotatable bonds is 1. The van der Waals surface area contributed by atoms with Crippen molar-refractivity contribution in [1.82, 2.24) is 0 Å². The number of alkyl halides is 3. The monoisotopic (exact) mass is 224 g/mol. The van der Waals surface area contributed by atoms with Crippen LogP contribution in [0.4, 0.5) is 17.6 Å². The first-order valence-corrected chi connectivity index (χ1v) is 4.40. The van der Waals surface area contributed by atoms with E-state index in [4.69, 9.17) is 0 Å². The summed E-state index contributed by atoms with van der Waals surface area (Å²) >= 11 is 0. The van der Waals surface area contributed by atoms with E-state index in [1.807, 2.05) is 13.8 Å². The Labute approximate surface area is 85.7 Å². The fourth-order valence-electron chi connectivity index (χ4n) is 0.814.